The minimum Gasteiger partial charge on any atom is -0.480 e. The van der Waals surface area contributed by atoms with Crippen molar-refractivity contribution >= 4 is 33.4 Å². The maximum atomic E-state index is 12.7. The number of amides is 1. The average Bonchev–Trinajstić information content (AvgIpc) is 2.85. The van der Waals surface area contributed by atoms with E-state index in [9.17, 15) is 19.2 Å². The molecule has 2 heterocycles. The molecule has 0 aromatic carbocycles. The summed E-state index contributed by atoms with van der Waals surface area (Å²) in [5.74, 6) is -1.54. The van der Waals surface area contributed by atoms with Crippen LogP contribution in [-0.4, -0.2) is 26.1 Å². The lowest BCUT2D eigenvalue weighted by molar-refractivity contribution is -0.137. The van der Waals surface area contributed by atoms with Crippen molar-refractivity contribution in [2.75, 3.05) is 0 Å². The average molecular weight is 351 g/mol. The van der Waals surface area contributed by atoms with Gasteiger partial charge >= 0.3 is 11.7 Å². The first kappa shape index (κ1) is 16.4. The van der Waals surface area contributed by atoms with Crippen LogP contribution in [0.3, 0.4) is 0 Å². The van der Waals surface area contributed by atoms with Crippen molar-refractivity contribution in [3.63, 3.8) is 0 Å². The van der Waals surface area contributed by atoms with Crippen LogP contribution in [0.2, 0.25) is 0 Å². The Morgan fingerprint density at radius 1 is 1.29 bits per heavy atom. The zero-order valence-corrected chi connectivity index (χ0v) is 13.9. The third-order valence-electron chi connectivity index (χ3n) is 4.27. The van der Waals surface area contributed by atoms with Gasteiger partial charge in [-0.05, 0) is 30.7 Å². The molecule has 1 aliphatic rings. The summed E-state index contributed by atoms with van der Waals surface area (Å²) >= 11 is 1.32. The number of primary amides is 1. The minimum atomic E-state index is -1.29. The Labute approximate surface area is 140 Å². The predicted octanol–water partition coefficient (Wildman–Crippen LogP) is -0.0806. The van der Waals surface area contributed by atoms with E-state index >= 15 is 0 Å². The number of hydrogen-bond donors (Lipinski definition) is 2. The van der Waals surface area contributed by atoms with Gasteiger partial charge < -0.3 is 10.8 Å². The van der Waals surface area contributed by atoms with Gasteiger partial charge in [0.15, 0.2) is 0 Å². The number of hydrogen-bond acceptors (Lipinski definition) is 5. The van der Waals surface area contributed by atoms with Crippen molar-refractivity contribution in [2.24, 2.45) is 11.7 Å². The molecule has 9 heteroatoms. The number of carboxylic acid groups (broad SMARTS) is 1. The number of carbonyl (C=O) groups excluding carboxylic acids is 1. The monoisotopic (exact) mass is 351 g/mol. The molecule has 128 valence electrons. The molecule has 2 aromatic heterocycles. The highest BCUT2D eigenvalue weighted by Gasteiger charge is 2.26. The molecule has 0 radical (unpaired) electrons. The number of nitrogens with zero attached hydrogens (tertiary/aromatic N) is 2. The fraction of sp³-hybridized carbons (Fsp3) is 0.467. The topological polar surface area (TPSA) is 124 Å². The lowest BCUT2D eigenvalue weighted by Crippen LogP contribution is -2.43. The molecule has 2 aromatic rings. The molecule has 0 fully saturated rings. The fourth-order valence-electron chi connectivity index (χ4n) is 3.17. The largest absolute Gasteiger partial charge is 0.480 e. The summed E-state index contributed by atoms with van der Waals surface area (Å²) in [7, 11) is 0. The molecule has 1 amide bonds. The molecule has 1 aliphatic carbocycles. The summed E-state index contributed by atoms with van der Waals surface area (Å²) in [6.07, 6.45) is 2.43. The van der Waals surface area contributed by atoms with Gasteiger partial charge in [0.1, 0.15) is 17.9 Å². The third-order valence-corrected chi connectivity index (χ3v) is 5.54. The Bertz CT molecular complexity index is 968. The van der Waals surface area contributed by atoms with Crippen molar-refractivity contribution in [2.45, 2.75) is 39.3 Å². The number of carbonyl (C=O) groups is 2. The first-order chi connectivity index (χ1) is 11.3. The van der Waals surface area contributed by atoms with Crippen LogP contribution in [0.1, 0.15) is 23.8 Å². The quantitative estimate of drug-likeness (QED) is 0.797. The second-order valence-electron chi connectivity index (χ2n) is 6.15. The van der Waals surface area contributed by atoms with E-state index < -0.39 is 29.7 Å². The van der Waals surface area contributed by atoms with Crippen molar-refractivity contribution in [1.82, 2.24) is 9.13 Å². The second kappa shape index (κ2) is 5.90. The van der Waals surface area contributed by atoms with Gasteiger partial charge in [-0.2, -0.15) is 0 Å². The number of aryl methyl sites for hydroxylation is 1. The van der Waals surface area contributed by atoms with Gasteiger partial charge in [0.25, 0.3) is 5.56 Å². The van der Waals surface area contributed by atoms with E-state index in [0.29, 0.717) is 27.1 Å². The van der Waals surface area contributed by atoms with Gasteiger partial charge in [-0.3, -0.25) is 19.0 Å². The van der Waals surface area contributed by atoms with Crippen LogP contribution in [0.15, 0.2) is 9.59 Å². The van der Waals surface area contributed by atoms with E-state index in [1.54, 1.807) is 0 Å². The highest BCUT2D eigenvalue weighted by molar-refractivity contribution is 7.18. The summed E-state index contributed by atoms with van der Waals surface area (Å²) in [6, 6.07) is 0. The van der Waals surface area contributed by atoms with Crippen LogP contribution in [0.4, 0.5) is 0 Å². The Balaban J connectivity index is 2.38. The summed E-state index contributed by atoms with van der Waals surface area (Å²) < 4.78 is 1.79. The molecule has 8 nitrogen and oxygen atoms in total. The van der Waals surface area contributed by atoms with Crippen LogP contribution >= 0.6 is 11.3 Å². The van der Waals surface area contributed by atoms with Crippen molar-refractivity contribution in [3.8, 4) is 0 Å². The second-order valence-corrected chi connectivity index (χ2v) is 7.24. The lowest BCUT2D eigenvalue weighted by Gasteiger charge is -2.17. The molecule has 0 aliphatic heterocycles. The van der Waals surface area contributed by atoms with Gasteiger partial charge in [-0.25, -0.2) is 9.36 Å². The van der Waals surface area contributed by atoms with Crippen LogP contribution < -0.4 is 17.0 Å². The molecule has 0 spiro atoms. The van der Waals surface area contributed by atoms with E-state index in [4.69, 9.17) is 10.8 Å². The number of rotatable bonds is 4. The maximum absolute atomic E-state index is 12.7. The number of aliphatic carboxylic acids is 1. The van der Waals surface area contributed by atoms with Crippen LogP contribution in [0.25, 0.3) is 10.2 Å². The highest BCUT2D eigenvalue weighted by Crippen LogP contribution is 2.36. The Morgan fingerprint density at radius 2 is 2.00 bits per heavy atom. The molecule has 3 N–H and O–H groups in total. The van der Waals surface area contributed by atoms with Gasteiger partial charge in [0, 0.05) is 4.88 Å². The molecule has 3 rings (SSSR count). The smallest absolute Gasteiger partial charge is 0.333 e. The summed E-state index contributed by atoms with van der Waals surface area (Å²) in [5, 5.41) is 9.34. The predicted molar refractivity (Wildman–Crippen MR) is 88.4 cm³/mol. The first-order valence-electron chi connectivity index (χ1n) is 7.57. The van der Waals surface area contributed by atoms with Gasteiger partial charge in [0.05, 0.1) is 5.39 Å². The number of carboxylic acids is 1. The van der Waals surface area contributed by atoms with Crippen LogP contribution in [0, 0.1) is 5.92 Å². The summed E-state index contributed by atoms with van der Waals surface area (Å²) in [5.41, 5.74) is 4.67. The number of fused-ring (bicyclic) bond motifs is 3. The molecule has 24 heavy (non-hydrogen) atoms. The van der Waals surface area contributed by atoms with Crippen LogP contribution in [-0.2, 0) is 35.5 Å². The molecule has 0 saturated carbocycles. The Morgan fingerprint density at radius 3 is 2.62 bits per heavy atom. The van der Waals surface area contributed by atoms with Gasteiger partial charge in [-0.15, -0.1) is 11.3 Å². The van der Waals surface area contributed by atoms with Crippen molar-refractivity contribution in [1.29, 1.82) is 0 Å². The Kier molecular flexibility index (Phi) is 4.04. The zero-order valence-electron chi connectivity index (χ0n) is 13.1. The third kappa shape index (κ3) is 2.64. The molecular formula is C15H17N3O5S. The molecule has 0 bridgehead atoms. The first-order valence-corrected chi connectivity index (χ1v) is 8.39. The molecule has 1 atom stereocenters. The van der Waals surface area contributed by atoms with E-state index in [1.165, 1.54) is 11.3 Å². The number of nitrogens with two attached hydrogens (primary N) is 1. The van der Waals surface area contributed by atoms with Crippen molar-refractivity contribution < 1.29 is 14.7 Å². The standard InChI is InChI=1S/C15H17N3O5S/c1-7-2-3-8-9(4-7)24-14-12(8)13(22)17(6-11(20)21)15(23)18(14)5-10(16)19/h7H,2-6H2,1H3,(H2,16,19)(H,20,21). The van der Waals surface area contributed by atoms with E-state index in [-0.39, 0.29) is 6.54 Å². The summed E-state index contributed by atoms with van der Waals surface area (Å²) in [6.45, 7) is 0.990. The highest BCUT2D eigenvalue weighted by atomic mass is 32.1. The van der Waals surface area contributed by atoms with Crippen LogP contribution in [0.5, 0.6) is 0 Å². The van der Waals surface area contributed by atoms with Gasteiger partial charge in [-0.1, -0.05) is 6.92 Å². The minimum absolute atomic E-state index is 0.351. The SMILES string of the molecule is CC1CCc2c(sc3c2c(=O)n(CC(=O)O)c(=O)n3CC(N)=O)C1. The zero-order chi connectivity index (χ0) is 17.6. The van der Waals surface area contributed by atoms with E-state index in [2.05, 4.69) is 6.92 Å². The lowest BCUT2D eigenvalue weighted by atomic mass is 9.89. The molecule has 1 unspecified atom stereocenters. The normalized spacial score (nSPS) is 17.0. The summed E-state index contributed by atoms with van der Waals surface area (Å²) in [4.78, 5) is 49.0. The fourth-order valence-corrected chi connectivity index (χ4v) is 4.67. The maximum Gasteiger partial charge on any atom is 0.333 e. The molecule has 0 saturated heterocycles. The number of thiophene rings is 1. The molecular weight excluding hydrogens is 334 g/mol. The van der Waals surface area contributed by atoms with E-state index in [0.717, 1.165) is 27.8 Å². The van der Waals surface area contributed by atoms with E-state index in [1.807, 2.05) is 0 Å². The van der Waals surface area contributed by atoms with Crippen molar-refractivity contribution in [3.05, 3.63) is 31.3 Å². The number of aromatic nitrogens is 2. The Hall–Kier alpha value is -2.42. The van der Waals surface area contributed by atoms with Gasteiger partial charge in [0.2, 0.25) is 5.91 Å².